The van der Waals surface area contributed by atoms with Crippen molar-refractivity contribution in [2.24, 2.45) is 11.5 Å². The maximum atomic E-state index is 13.3. The summed E-state index contributed by atoms with van der Waals surface area (Å²) in [6.45, 7) is 0.154. The fourth-order valence-electron chi connectivity index (χ4n) is 4.44. The van der Waals surface area contributed by atoms with Crippen molar-refractivity contribution in [1.29, 1.82) is 0 Å². The SMILES string of the molecule is NC(N)NCCC[C@@H](NC(=O)c1ccc2cc1OCCOCCOCCOc1ccc(cc1)CNc1nc(nc(OCC(F)(F)F)n1)N2)C(=O)O. The highest BCUT2D eigenvalue weighted by Gasteiger charge is 2.29. The topological polar surface area (TPSA) is 239 Å². The van der Waals surface area contributed by atoms with Crippen molar-refractivity contribution in [3.8, 4) is 17.5 Å². The Morgan fingerprint density at radius 3 is 2.31 bits per heavy atom. The summed E-state index contributed by atoms with van der Waals surface area (Å²) < 4.78 is 66.3. The first-order valence-corrected chi connectivity index (χ1v) is 15.8. The number of carbonyl (C=O) groups excluding carboxylic acids is 1. The first kappa shape index (κ1) is 38.8. The van der Waals surface area contributed by atoms with E-state index in [1.165, 1.54) is 18.2 Å². The van der Waals surface area contributed by atoms with Crippen molar-refractivity contribution >= 4 is 29.5 Å². The smallest absolute Gasteiger partial charge is 0.422 e. The average Bonchev–Trinajstić information content (AvgIpc) is 3.08. The summed E-state index contributed by atoms with van der Waals surface area (Å²) in [5.74, 6) is -1.60. The van der Waals surface area contributed by atoms with Gasteiger partial charge in [0.1, 0.15) is 37.0 Å². The molecule has 17 nitrogen and oxygen atoms in total. The highest BCUT2D eigenvalue weighted by atomic mass is 19.4. The molecule has 2 aliphatic heterocycles. The van der Waals surface area contributed by atoms with Crippen LogP contribution in [0.5, 0.6) is 17.5 Å². The molecule has 20 heteroatoms. The van der Waals surface area contributed by atoms with Gasteiger partial charge in [0.2, 0.25) is 11.9 Å². The molecule has 278 valence electrons. The van der Waals surface area contributed by atoms with Crippen molar-refractivity contribution in [1.82, 2.24) is 25.6 Å². The molecule has 1 aromatic heterocycles. The summed E-state index contributed by atoms with van der Waals surface area (Å²) in [4.78, 5) is 37.4. The van der Waals surface area contributed by atoms with Gasteiger partial charge in [-0.1, -0.05) is 12.1 Å². The lowest BCUT2D eigenvalue weighted by atomic mass is 10.1. The lowest BCUT2D eigenvalue weighted by molar-refractivity contribution is -0.154. The average molecular weight is 724 g/mol. The van der Waals surface area contributed by atoms with E-state index in [1.807, 2.05) is 0 Å². The number of hydrogen-bond acceptors (Lipinski definition) is 15. The predicted molar refractivity (Wildman–Crippen MR) is 176 cm³/mol. The van der Waals surface area contributed by atoms with Crippen molar-refractivity contribution in [2.75, 3.05) is 63.4 Å². The summed E-state index contributed by atoms with van der Waals surface area (Å²) in [6.07, 6.45) is -4.98. The third kappa shape index (κ3) is 14.0. The van der Waals surface area contributed by atoms with Gasteiger partial charge < -0.3 is 56.2 Å². The van der Waals surface area contributed by atoms with Crippen molar-refractivity contribution in [2.45, 2.75) is 37.9 Å². The molecule has 3 heterocycles. The van der Waals surface area contributed by atoms with Crippen molar-refractivity contribution in [3.05, 3.63) is 53.6 Å². The third-order valence-electron chi connectivity index (χ3n) is 6.84. The van der Waals surface area contributed by atoms with E-state index in [4.69, 9.17) is 35.2 Å². The molecule has 6 bridgehead atoms. The highest BCUT2D eigenvalue weighted by Crippen LogP contribution is 2.27. The molecule has 0 spiro atoms. The maximum absolute atomic E-state index is 13.3. The summed E-state index contributed by atoms with van der Waals surface area (Å²) in [5.41, 5.74) is 12.0. The Hall–Kier alpha value is -5.02. The van der Waals surface area contributed by atoms with Gasteiger partial charge in [-0.3, -0.25) is 10.1 Å². The fourth-order valence-corrected chi connectivity index (χ4v) is 4.44. The minimum absolute atomic E-state index is 0.000773. The Balaban J connectivity index is 1.59. The zero-order chi connectivity index (χ0) is 36.6. The molecule has 0 saturated carbocycles. The number of benzene rings is 2. The number of carboxylic acids is 1. The number of hydrogen-bond donors (Lipinski definition) is 7. The number of carboxylic acid groups (broad SMARTS) is 1. The number of nitrogens with two attached hydrogens (primary N) is 2. The number of amides is 1. The van der Waals surface area contributed by atoms with Crippen LogP contribution in [-0.2, 0) is 20.8 Å². The third-order valence-corrected chi connectivity index (χ3v) is 6.84. The Bertz CT molecular complexity index is 1570. The lowest BCUT2D eigenvalue weighted by Gasteiger charge is -2.18. The number of ether oxygens (including phenoxy) is 5. The summed E-state index contributed by atoms with van der Waals surface area (Å²) in [6, 6.07) is 9.52. The van der Waals surface area contributed by atoms with E-state index < -0.39 is 43.0 Å². The number of aliphatic carboxylic acids is 1. The second-order valence-electron chi connectivity index (χ2n) is 10.9. The quantitative estimate of drug-likeness (QED) is 0.0895. The molecule has 5 rings (SSSR count). The van der Waals surface area contributed by atoms with Gasteiger partial charge in [0.05, 0.1) is 32.0 Å². The van der Waals surface area contributed by atoms with Gasteiger partial charge in [-0.2, -0.15) is 28.1 Å². The van der Waals surface area contributed by atoms with Crippen LogP contribution in [0.4, 0.5) is 30.8 Å². The van der Waals surface area contributed by atoms with Gasteiger partial charge in [0.15, 0.2) is 6.61 Å². The number of carbonyl (C=O) groups is 2. The van der Waals surface area contributed by atoms with Crippen LogP contribution in [-0.4, -0.2) is 103 Å². The lowest BCUT2D eigenvalue weighted by Crippen LogP contribution is -2.46. The minimum Gasteiger partial charge on any atom is -0.491 e. The summed E-state index contributed by atoms with van der Waals surface area (Å²) >= 11 is 0. The number of aromatic nitrogens is 3. The molecule has 1 amide bonds. The van der Waals surface area contributed by atoms with Crippen molar-refractivity contribution in [3.63, 3.8) is 0 Å². The normalized spacial score (nSPS) is 15.0. The van der Waals surface area contributed by atoms with Gasteiger partial charge in [0.25, 0.3) is 5.91 Å². The Kier molecular flexibility index (Phi) is 14.7. The number of rotatable bonds is 10. The molecule has 0 saturated heterocycles. The number of halogens is 3. The molecule has 3 aromatic rings. The van der Waals surface area contributed by atoms with Gasteiger partial charge >= 0.3 is 18.2 Å². The number of anilines is 3. The maximum Gasteiger partial charge on any atom is 0.422 e. The molecule has 9 N–H and O–H groups in total. The number of nitrogens with one attached hydrogen (secondary N) is 4. The van der Waals surface area contributed by atoms with Crippen LogP contribution < -0.4 is 46.9 Å². The van der Waals surface area contributed by atoms with Gasteiger partial charge in [0, 0.05) is 18.3 Å². The van der Waals surface area contributed by atoms with Crippen LogP contribution >= 0.6 is 0 Å². The molecule has 2 aromatic carbocycles. The van der Waals surface area contributed by atoms with Crippen LogP contribution in [0.1, 0.15) is 28.8 Å². The van der Waals surface area contributed by atoms with E-state index in [0.29, 0.717) is 38.5 Å². The Morgan fingerprint density at radius 1 is 0.941 bits per heavy atom. The second kappa shape index (κ2) is 19.4. The molecule has 2 aliphatic rings. The molecule has 0 radical (unpaired) electrons. The second-order valence-corrected chi connectivity index (χ2v) is 10.9. The van der Waals surface area contributed by atoms with Crippen LogP contribution in [0.3, 0.4) is 0 Å². The zero-order valence-corrected chi connectivity index (χ0v) is 27.4. The molecule has 0 fully saturated rings. The van der Waals surface area contributed by atoms with Crippen LogP contribution in [0.15, 0.2) is 42.5 Å². The van der Waals surface area contributed by atoms with Crippen molar-refractivity contribution < 1.29 is 51.6 Å². The predicted octanol–water partition coefficient (Wildman–Crippen LogP) is 1.73. The minimum atomic E-state index is -4.65. The summed E-state index contributed by atoms with van der Waals surface area (Å²) in [5, 5.41) is 20.8. The van der Waals surface area contributed by atoms with E-state index in [1.54, 1.807) is 24.3 Å². The van der Waals surface area contributed by atoms with Crippen LogP contribution in [0.25, 0.3) is 0 Å². The molecule has 0 unspecified atom stereocenters. The molecule has 0 aliphatic carbocycles. The summed E-state index contributed by atoms with van der Waals surface area (Å²) in [7, 11) is 0. The fraction of sp³-hybridized carbons (Fsp3) is 0.452. The van der Waals surface area contributed by atoms with Gasteiger partial charge in [-0.25, -0.2) is 4.79 Å². The van der Waals surface area contributed by atoms with E-state index in [9.17, 15) is 27.9 Å². The standard InChI is InChI=1S/C31H40F3N9O8/c32-31(33,34)18-51-30-42-28-38-17-19-3-6-21(7-4-19)49-14-12-47-10-11-48-13-15-50-24-16-20(39-29(41-28)43-30)5-8-22(24)25(44)40-23(26(45)46)2-1-9-37-27(35)36/h3-8,16,23,27,37H,1-2,9-15,17-18,35-36H2,(H,40,44)(H,45,46)(H2,38,39,41,42,43)/t23-/m1/s1. The molecular weight excluding hydrogens is 683 g/mol. The number of fused-ring (bicyclic) bond motifs is 12. The van der Waals surface area contributed by atoms with E-state index >= 15 is 0 Å². The van der Waals surface area contributed by atoms with Gasteiger partial charge in [-0.15, -0.1) is 0 Å². The largest absolute Gasteiger partial charge is 0.491 e. The van der Waals surface area contributed by atoms with Crippen LogP contribution in [0.2, 0.25) is 0 Å². The van der Waals surface area contributed by atoms with Crippen LogP contribution in [0, 0.1) is 0 Å². The van der Waals surface area contributed by atoms with E-state index in [2.05, 4.69) is 36.2 Å². The first-order valence-electron chi connectivity index (χ1n) is 15.8. The Morgan fingerprint density at radius 2 is 1.63 bits per heavy atom. The Labute approximate surface area is 290 Å². The molecule has 1 atom stereocenters. The molecular formula is C31H40F3N9O8. The monoisotopic (exact) mass is 723 g/mol. The van der Waals surface area contributed by atoms with Gasteiger partial charge in [-0.05, 0) is 49.2 Å². The number of nitrogens with zero attached hydrogens (tertiary/aromatic N) is 3. The molecule has 51 heavy (non-hydrogen) atoms. The number of alkyl halides is 3. The van der Waals surface area contributed by atoms with E-state index in [-0.39, 0.29) is 61.7 Å². The van der Waals surface area contributed by atoms with E-state index in [0.717, 1.165) is 5.56 Å². The highest BCUT2D eigenvalue weighted by molar-refractivity contribution is 5.99. The zero-order valence-electron chi connectivity index (χ0n) is 27.4. The first-order chi connectivity index (χ1) is 24.4.